The van der Waals surface area contributed by atoms with Crippen LogP contribution >= 0.6 is 0 Å². The minimum Gasteiger partial charge on any atom is -0.385 e. The van der Waals surface area contributed by atoms with Crippen molar-refractivity contribution in [2.45, 2.75) is 75.5 Å². The van der Waals surface area contributed by atoms with Crippen molar-refractivity contribution in [1.82, 2.24) is 19.6 Å². The molecule has 9 nitrogen and oxygen atoms in total. The molecule has 0 spiro atoms. The van der Waals surface area contributed by atoms with Crippen LogP contribution in [0.5, 0.6) is 0 Å². The molecule has 2 aliphatic rings. The SMILES string of the molecule is CC1CC(c2ccncc2Nc2ncc3ccc(-c4c(F)cc(C5(O)CCCC5)cc4F)nn23)CC(N)C1OCCC#N. The van der Waals surface area contributed by atoms with Crippen LogP contribution in [0.25, 0.3) is 16.8 Å². The van der Waals surface area contributed by atoms with Crippen LogP contribution in [0.1, 0.15) is 68.9 Å². The Balaban J connectivity index is 1.27. The van der Waals surface area contributed by atoms with E-state index in [0.29, 0.717) is 43.8 Å². The third kappa shape index (κ3) is 5.70. The molecule has 0 bridgehead atoms. The second-order valence-corrected chi connectivity index (χ2v) is 11.8. The van der Waals surface area contributed by atoms with E-state index < -0.39 is 17.2 Å². The number of benzene rings is 1. The minimum atomic E-state index is -1.20. The monoisotopic (exact) mass is 587 g/mol. The van der Waals surface area contributed by atoms with Gasteiger partial charge in [-0.15, -0.1) is 0 Å². The lowest BCUT2D eigenvalue weighted by atomic mass is 9.74. The zero-order valence-corrected chi connectivity index (χ0v) is 24.0. The summed E-state index contributed by atoms with van der Waals surface area (Å²) in [5.74, 6) is -0.851. The molecule has 2 saturated carbocycles. The van der Waals surface area contributed by atoms with Gasteiger partial charge in [0, 0.05) is 12.2 Å². The van der Waals surface area contributed by atoms with E-state index in [0.717, 1.165) is 30.5 Å². The number of aliphatic hydroxyl groups is 1. The Morgan fingerprint density at radius 3 is 2.65 bits per heavy atom. The number of nitrogens with one attached hydrogen (secondary N) is 1. The molecule has 0 radical (unpaired) electrons. The van der Waals surface area contributed by atoms with Crippen molar-refractivity contribution in [3.8, 4) is 17.3 Å². The molecule has 2 aliphatic carbocycles. The maximum atomic E-state index is 15.4. The number of halogens is 2. The van der Waals surface area contributed by atoms with E-state index in [2.05, 4.69) is 33.4 Å². The molecular formula is C32H35F2N7O2. The van der Waals surface area contributed by atoms with Gasteiger partial charge in [0.2, 0.25) is 5.95 Å². The molecule has 6 rings (SSSR count). The van der Waals surface area contributed by atoms with Gasteiger partial charge >= 0.3 is 0 Å². The molecule has 0 saturated heterocycles. The first-order chi connectivity index (χ1) is 20.8. The number of anilines is 2. The van der Waals surface area contributed by atoms with Crippen LogP contribution in [-0.2, 0) is 10.3 Å². The average Bonchev–Trinajstić information content (AvgIpc) is 3.61. The number of pyridine rings is 1. The third-order valence-electron chi connectivity index (χ3n) is 8.91. The van der Waals surface area contributed by atoms with Crippen molar-refractivity contribution in [2.24, 2.45) is 11.7 Å². The summed E-state index contributed by atoms with van der Waals surface area (Å²) in [4.78, 5) is 8.80. The van der Waals surface area contributed by atoms with Gasteiger partial charge in [0.25, 0.3) is 0 Å². The van der Waals surface area contributed by atoms with Gasteiger partial charge in [0.05, 0.1) is 65.7 Å². The first-order valence-corrected chi connectivity index (χ1v) is 14.8. The van der Waals surface area contributed by atoms with Crippen molar-refractivity contribution in [1.29, 1.82) is 5.26 Å². The second-order valence-electron chi connectivity index (χ2n) is 11.8. The molecule has 11 heteroatoms. The molecule has 224 valence electrons. The topological polar surface area (TPSA) is 134 Å². The Kier molecular flexibility index (Phi) is 8.09. The van der Waals surface area contributed by atoms with E-state index in [9.17, 15) is 5.11 Å². The molecule has 4 atom stereocenters. The Morgan fingerprint density at radius 1 is 1.16 bits per heavy atom. The fourth-order valence-electron chi connectivity index (χ4n) is 6.77. The van der Waals surface area contributed by atoms with E-state index in [1.165, 1.54) is 16.6 Å². The van der Waals surface area contributed by atoms with Crippen LogP contribution in [0, 0.1) is 28.9 Å². The van der Waals surface area contributed by atoms with Gasteiger partial charge < -0.3 is 20.9 Å². The maximum absolute atomic E-state index is 15.4. The predicted molar refractivity (Wildman–Crippen MR) is 157 cm³/mol. The number of nitrogens with two attached hydrogens (primary N) is 1. The summed E-state index contributed by atoms with van der Waals surface area (Å²) in [6.07, 6.45) is 9.46. The highest BCUT2D eigenvalue weighted by atomic mass is 19.1. The summed E-state index contributed by atoms with van der Waals surface area (Å²) < 4.78 is 38.2. The van der Waals surface area contributed by atoms with Gasteiger partial charge in [-0.25, -0.2) is 13.8 Å². The molecule has 4 unspecified atom stereocenters. The molecule has 4 aromatic rings. The van der Waals surface area contributed by atoms with Crippen molar-refractivity contribution >= 4 is 17.2 Å². The molecule has 4 N–H and O–H groups in total. The first-order valence-electron chi connectivity index (χ1n) is 14.8. The van der Waals surface area contributed by atoms with Gasteiger partial charge in [0.15, 0.2) is 0 Å². The number of hydrogen-bond acceptors (Lipinski definition) is 8. The molecule has 3 aromatic heterocycles. The van der Waals surface area contributed by atoms with Gasteiger partial charge in [-0.2, -0.15) is 14.9 Å². The number of nitrogens with zero attached hydrogens (tertiary/aromatic N) is 5. The van der Waals surface area contributed by atoms with Crippen LogP contribution in [-0.4, -0.2) is 43.4 Å². The molecule has 43 heavy (non-hydrogen) atoms. The van der Waals surface area contributed by atoms with Crippen LogP contribution in [0.4, 0.5) is 20.4 Å². The van der Waals surface area contributed by atoms with Gasteiger partial charge in [-0.3, -0.25) is 4.98 Å². The number of nitriles is 1. The van der Waals surface area contributed by atoms with E-state index in [4.69, 9.17) is 15.7 Å². The van der Waals surface area contributed by atoms with Crippen LogP contribution in [0.15, 0.2) is 48.9 Å². The van der Waals surface area contributed by atoms with Crippen molar-refractivity contribution in [2.75, 3.05) is 11.9 Å². The van der Waals surface area contributed by atoms with Crippen molar-refractivity contribution in [3.63, 3.8) is 0 Å². The Hall–Kier alpha value is -3.98. The number of aromatic nitrogens is 4. The minimum absolute atomic E-state index is 0.106. The standard InChI is InChI=1S/C32H35F2N7O2/c1-19-13-20(14-26(36)30(19)43-12-4-10-35)23-7-11-37-18-28(23)39-31-38-17-22-5-6-27(40-41(22)31)29-24(33)15-21(16-25(29)34)32(42)8-2-3-9-32/h5-7,11,15-20,26,30,42H,2-4,8-9,12-14,36H2,1H3,(H,38,39). The zero-order valence-electron chi connectivity index (χ0n) is 24.0. The van der Waals surface area contributed by atoms with E-state index in [1.54, 1.807) is 30.7 Å². The second kappa shape index (κ2) is 12.0. The van der Waals surface area contributed by atoms with E-state index in [-0.39, 0.29) is 40.8 Å². The Bertz CT molecular complexity index is 1630. The lowest BCUT2D eigenvalue weighted by Gasteiger charge is -2.39. The van der Waals surface area contributed by atoms with Crippen LogP contribution < -0.4 is 11.1 Å². The lowest BCUT2D eigenvalue weighted by molar-refractivity contribution is -0.0198. The first kappa shape index (κ1) is 29.1. The lowest BCUT2D eigenvalue weighted by Crippen LogP contribution is -2.46. The zero-order chi connectivity index (χ0) is 30.1. The fourth-order valence-corrected chi connectivity index (χ4v) is 6.77. The molecule has 3 heterocycles. The summed E-state index contributed by atoms with van der Waals surface area (Å²) in [7, 11) is 0. The Labute approximate surface area is 248 Å². The molecule has 1 aromatic carbocycles. The average molecular weight is 588 g/mol. The quantitative estimate of drug-likeness (QED) is 0.223. The predicted octanol–water partition coefficient (Wildman–Crippen LogP) is 5.71. The molecule has 0 aliphatic heterocycles. The highest BCUT2D eigenvalue weighted by molar-refractivity contribution is 5.66. The van der Waals surface area contributed by atoms with Crippen LogP contribution in [0.2, 0.25) is 0 Å². The van der Waals surface area contributed by atoms with Crippen molar-refractivity contribution in [3.05, 3.63) is 71.7 Å². The number of imidazole rings is 1. The highest BCUT2D eigenvalue weighted by Crippen LogP contribution is 2.42. The van der Waals surface area contributed by atoms with Gasteiger partial charge in [0.1, 0.15) is 11.6 Å². The third-order valence-corrected chi connectivity index (χ3v) is 8.91. The molecule has 0 amide bonds. The van der Waals surface area contributed by atoms with Crippen molar-refractivity contribution < 1.29 is 18.6 Å². The summed E-state index contributed by atoms with van der Waals surface area (Å²) in [5.41, 5.74) is 7.85. The maximum Gasteiger partial charge on any atom is 0.229 e. The number of hydrogen-bond donors (Lipinski definition) is 3. The molecule has 2 fully saturated rings. The van der Waals surface area contributed by atoms with E-state index >= 15 is 8.78 Å². The van der Waals surface area contributed by atoms with Gasteiger partial charge in [-0.1, -0.05) is 19.8 Å². The Morgan fingerprint density at radius 2 is 1.93 bits per heavy atom. The summed E-state index contributed by atoms with van der Waals surface area (Å²) in [6, 6.07) is 9.59. The van der Waals surface area contributed by atoms with Gasteiger partial charge in [-0.05, 0) is 79.0 Å². The summed E-state index contributed by atoms with van der Waals surface area (Å²) in [6.45, 7) is 2.48. The molecular weight excluding hydrogens is 552 g/mol. The highest BCUT2D eigenvalue weighted by Gasteiger charge is 2.36. The van der Waals surface area contributed by atoms with E-state index in [1.807, 2.05) is 6.07 Å². The summed E-state index contributed by atoms with van der Waals surface area (Å²) >= 11 is 0. The summed E-state index contributed by atoms with van der Waals surface area (Å²) in [5, 5.41) is 27.6. The van der Waals surface area contributed by atoms with Crippen LogP contribution in [0.3, 0.4) is 0 Å². The normalized spacial score (nSPS) is 23.3. The largest absolute Gasteiger partial charge is 0.385 e. The number of fused-ring (bicyclic) bond motifs is 1. The number of rotatable bonds is 8. The fraction of sp³-hybridized carbons (Fsp3) is 0.438. The smallest absolute Gasteiger partial charge is 0.229 e. The number of ether oxygens (including phenoxy) is 1.